The minimum absolute atomic E-state index is 0.244. The summed E-state index contributed by atoms with van der Waals surface area (Å²) in [5.74, 6) is 3.35. The maximum Gasteiger partial charge on any atom is 0.126 e. The SMILES string of the molecule is CCN1CCC(Nc2cc(CSCCO)ccn2)C(C)C1. The molecule has 1 aromatic rings. The number of piperidine rings is 1. The van der Waals surface area contributed by atoms with Crippen molar-refractivity contribution in [2.75, 3.05) is 37.3 Å². The summed E-state index contributed by atoms with van der Waals surface area (Å²) in [6, 6.07) is 4.71. The van der Waals surface area contributed by atoms with Gasteiger partial charge in [0, 0.05) is 36.8 Å². The Kier molecular flexibility index (Phi) is 6.80. The Morgan fingerprint density at radius 2 is 2.38 bits per heavy atom. The van der Waals surface area contributed by atoms with Gasteiger partial charge in [-0.3, -0.25) is 0 Å². The molecule has 1 fully saturated rings. The van der Waals surface area contributed by atoms with Crippen molar-refractivity contribution in [3.05, 3.63) is 23.9 Å². The van der Waals surface area contributed by atoms with Gasteiger partial charge in [0.05, 0.1) is 6.61 Å². The van der Waals surface area contributed by atoms with Crippen molar-refractivity contribution < 1.29 is 5.11 Å². The van der Waals surface area contributed by atoms with E-state index < -0.39 is 0 Å². The van der Waals surface area contributed by atoms with Crippen LogP contribution in [0.2, 0.25) is 0 Å². The average molecular weight is 309 g/mol. The van der Waals surface area contributed by atoms with Crippen molar-refractivity contribution in [2.24, 2.45) is 5.92 Å². The van der Waals surface area contributed by atoms with E-state index in [-0.39, 0.29) is 6.61 Å². The van der Waals surface area contributed by atoms with Crippen molar-refractivity contribution in [3.63, 3.8) is 0 Å². The molecule has 0 spiro atoms. The molecule has 0 radical (unpaired) electrons. The number of aliphatic hydroxyl groups excluding tert-OH is 1. The maximum absolute atomic E-state index is 8.84. The number of aromatic nitrogens is 1. The molecule has 2 N–H and O–H groups in total. The van der Waals surface area contributed by atoms with E-state index in [1.54, 1.807) is 11.8 Å². The number of anilines is 1. The molecular formula is C16H27N3OS. The van der Waals surface area contributed by atoms with E-state index in [0.29, 0.717) is 12.0 Å². The highest BCUT2D eigenvalue weighted by molar-refractivity contribution is 7.98. The van der Waals surface area contributed by atoms with Crippen LogP contribution in [0.1, 0.15) is 25.8 Å². The first-order chi connectivity index (χ1) is 10.2. The fraction of sp³-hybridized carbons (Fsp3) is 0.688. The van der Waals surface area contributed by atoms with Crippen molar-refractivity contribution in [1.29, 1.82) is 0 Å². The second-order valence-corrected chi connectivity index (χ2v) is 6.84. The molecule has 1 saturated heterocycles. The van der Waals surface area contributed by atoms with Gasteiger partial charge in [0.2, 0.25) is 0 Å². The summed E-state index contributed by atoms with van der Waals surface area (Å²) in [5, 5.41) is 12.4. The highest BCUT2D eigenvalue weighted by Crippen LogP contribution is 2.21. The van der Waals surface area contributed by atoms with Crippen molar-refractivity contribution >= 4 is 17.6 Å². The Bertz CT molecular complexity index is 430. The summed E-state index contributed by atoms with van der Waals surface area (Å²) in [6.45, 7) is 8.28. The largest absolute Gasteiger partial charge is 0.396 e. The number of thioether (sulfide) groups is 1. The Hall–Kier alpha value is -0.780. The van der Waals surface area contributed by atoms with Crippen molar-refractivity contribution in [1.82, 2.24) is 9.88 Å². The topological polar surface area (TPSA) is 48.4 Å². The molecular weight excluding hydrogens is 282 g/mol. The van der Waals surface area contributed by atoms with E-state index in [1.165, 1.54) is 25.1 Å². The highest BCUT2D eigenvalue weighted by Gasteiger charge is 2.25. The Morgan fingerprint density at radius 3 is 3.10 bits per heavy atom. The Labute approximate surface area is 132 Å². The fourth-order valence-corrected chi connectivity index (χ4v) is 3.51. The van der Waals surface area contributed by atoms with Gasteiger partial charge in [-0.05, 0) is 36.6 Å². The minimum atomic E-state index is 0.244. The van der Waals surface area contributed by atoms with Gasteiger partial charge in [-0.25, -0.2) is 4.98 Å². The van der Waals surface area contributed by atoms with Gasteiger partial charge in [-0.2, -0.15) is 11.8 Å². The lowest BCUT2D eigenvalue weighted by Crippen LogP contribution is -2.45. The van der Waals surface area contributed by atoms with E-state index in [9.17, 15) is 0 Å². The number of aliphatic hydroxyl groups is 1. The number of nitrogens with one attached hydrogen (secondary N) is 1. The number of nitrogens with zero attached hydrogens (tertiary/aromatic N) is 2. The average Bonchev–Trinajstić information content (AvgIpc) is 2.50. The number of likely N-dealkylation sites (tertiary alicyclic amines) is 1. The fourth-order valence-electron chi connectivity index (χ4n) is 2.82. The van der Waals surface area contributed by atoms with Crippen LogP contribution in [0.4, 0.5) is 5.82 Å². The molecule has 4 nitrogen and oxygen atoms in total. The van der Waals surface area contributed by atoms with Crippen LogP contribution in [0.15, 0.2) is 18.3 Å². The molecule has 2 unspecified atom stereocenters. The quantitative estimate of drug-likeness (QED) is 0.758. The van der Waals surface area contributed by atoms with Crippen LogP contribution in [0.25, 0.3) is 0 Å². The summed E-state index contributed by atoms with van der Waals surface area (Å²) in [4.78, 5) is 6.96. The molecule has 118 valence electrons. The van der Waals surface area contributed by atoms with Crippen LogP contribution in [0, 0.1) is 5.92 Å². The van der Waals surface area contributed by atoms with Gasteiger partial charge in [0.1, 0.15) is 5.82 Å². The van der Waals surface area contributed by atoms with Gasteiger partial charge in [0.25, 0.3) is 0 Å². The van der Waals surface area contributed by atoms with Crippen LogP contribution in [-0.4, -0.2) is 53.0 Å². The first-order valence-electron chi connectivity index (χ1n) is 7.85. The van der Waals surface area contributed by atoms with E-state index in [2.05, 4.69) is 41.2 Å². The van der Waals surface area contributed by atoms with Crippen LogP contribution in [-0.2, 0) is 5.75 Å². The summed E-state index contributed by atoms with van der Waals surface area (Å²) in [7, 11) is 0. The lowest BCUT2D eigenvalue weighted by atomic mass is 9.94. The van der Waals surface area contributed by atoms with E-state index >= 15 is 0 Å². The molecule has 5 heteroatoms. The van der Waals surface area contributed by atoms with Crippen LogP contribution < -0.4 is 5.32 Å². The molecule has 0 aromatic carbocycles. The predicted octanol–water partition coefficient (Wildman–Crippen LogP) is 2.45. The summed E-state index contributed by atoms with van der Waals surface area (Å²) in [6.07, 6.45) is 3.06. The molecule has 2 atom stereocenters. The highest BCUT2D eigenvalue weighted by atomic mass is 32.2. The molecule has 2 heterocycles. The van der Waals surface area contributed by atoms with E-state index in [0.717, 1.165) is 23.9 Å². The zero-order valence-electron chi connectivity index (χ0n) is 13.1. The molecule has 0 bridgehead atoms. The third kappa shape index (κ3) is 5.16. The van der Waals surface area contributed by atoms with Gasteiger partial charge in [-0.15, -0.1) is 0 Å². The van der Waals surface area contributed by atoms with Crippen LogP contribution >= 0.6 is 11.8 Å². The number of rotatable bonds is 7. The van der Waals surface area contributed by atoms with Gasteiger partial charge in [0.15, 0.2) is 0 Å². The maximum atomic E-state index is 8.84. The second-order valence-electron chi connectivity index (χ2n) is 5.74. The molecule has 0 aliphatic carbocycles. The summed E-state index contributed by atoms with van der Waals surface area (Å²) in [5.41, 5.74) is 1.27. The molecule has 1 aromatic heterocycles. The number of hydrogen-bond acceptors (Lipinski definition) is 5. The molecule has 0 amide bonds. The first kappa shape index (κ1) is 16.6. The number of pyridine rings is 1. The lowest BCUT2D eigenvalue weighted by molar-refractivity contribution is 0.179. The van der Waals surface area contributed by atoms with E-state index in [1.807, 2.05) is 6.20 Å². The van der Waals surface area contributed by atoms with Crippen LogP contribution in [0.5, 0.6) is 0 Å². The molecule has 2 rings (SSSR count). The molecule has 0 saturated carbocycles. The molecule has 1 aliphatic heterocycles. The minimum Gasteiger partial charge on any atom is -0.396 e. The summed E-state index contributed by atoms with van der Waals surface area (Å²) >= 11 is 1.75. The number of hydrogen-bond donors (Lipinski definition) is 2. The smallest absolute Gasteiger partial charge is 0.126 e. The summed E-state index contributed by atoms with van der Waals surface area (Å²) < 4.78 is 0. The zero-order valence-corrected chi connectivity index (χ0v) is 13.9. The Morgan fingerprint density at radius 1 is 1.52 bits per heavy atom. The predicted molar refractivity (Wildman–Crippen MR) is 90.8 cm³/mol. The first-order valence-corrected chi connectivity index (χ1v) is 9.00. The van der Waals surface area contributed by atoms with Gasteiger partial charge >= 0.3 is 0 Å². The third-order valence-corrected chi connectivity index (χ3v) is 5.11. The van der Waals surface area contributed by atoms with Crippen LogP contribution in [0.3, 0.4) is 0 Å². The standard InChI is InChI=1S/C16H27N3OS/c1-3-19-7-5-15(13(2)11-19)18-16-10-14(4-6-17-16)12-21-9-8-20/h4,6,10,13,15,20H,3,5,7-9,11-12H2,1-2H3,(H,17,18). The normalized spacial score (nSPS) is 23.2. The van der Waals surface area contributed by atoms with Crippen molar-refractivity contribution in [3.8, 4) is 0 Å². The van der Waals surface area contributed by atoms with Crippen molar-refractivity contribution in [2.45, 2.75) is 32.1 Å². The molecule has 1 aliphatic rings. The zero-order chi connectivity index (χ0) is 15.1. The Balaban J connectivity index is 1.89. The lowest BCUT2D eigenvalue weighted by Gasteiger charge is -2.37. The van der Waals surface area contributed by atoms with E-state index in [4.69, 9.17) is 5.11 Å². The van der Waals surface area contributed by atoms with Gasteiger partial charge < -0.3 is 15.3 Å². The van der Waals surface area contributed by atoms with Gasteiger partial charge in [-0.1, -0.05) is 13.8 Å². The monoisotopic (exact) mass is 309 g/mol. The molecule has 21 heavy (non-hydrogen) atoms. The second kappa shape index (κ2) is 8.61. The third-order valence-electron chi connectivity index (χ3n) is 4.10.